The van der Waals surface area contributed by atoms with Crippen LogP contribution in [0.1, 0.15) is 54.4 Å². The second kappa shape index (κ2) is 8.35. The van der Waals surface area contributed by atoms with E-state index in [1.807, 2.05) is 17.9 Å². The van der Waals surface area contributed by atoms with Crippen LogP contribution < -0.4 is 5.56 Å². The largest absolute Gasteiger partial charge is 0.339 e. The number of nitrogens with zero attached hydrogens (tertiary/aromatic N) is 4. The van der Waals surface area contributed by atoms with Crippen molar-refractivity contribution >= 4 is 17.5 Å². The number of rotatable bonds is 4. The van der Waals surface area contributed by atoms with E-state index in [-0.39, 0.29) is 22.9 Å². The third kappa shape index (κ3) is 4.18. The lowest BCUT2D eigenvalue weighted by molar-refractivity contribution is -0.133. The van der Waals surface area contributed by atoms with E-state index in [0.717, 1.165) is 12.0 Å². The molecule has 2 amide bonds. The van der Waals surface area contributed by atoms with Crippen molar-refractivity contribution in [3.63, 3.8) is 0 Å². The summed E-state index contributed by atoms with van der Waals surface area (Å²) in [5, 5.41) is 0. The predicted octanol–water partition coefficient (Wildman–Crippen LogP) is 2.26. The second-order valence-corrected chi connectivity index (χ2v) is 8.27. The van der Waals surface area contributed by atoms with Crippen molar-refractivity contribution in [2.24, 2.45) is 5.92 Å². The fraction of sp³-hybridized carbons (Fsp3) is 0.545. The number of carbonyl (C=O) groups excluding carboxylic acids is 2. The lowest BCUT2D eigenvalue weighted by atomic mass is 10.0. The first-order chi connectivity index (χ1) is 14.0. The minimum Gasteiger partial charge on any atom is -0.339 e. The first-order valence-electron chi connectivity index (χ1n) is 10.6. The molecular weight excluding hydrogens is 368 g/mol. The predicted molar refractivity (Wildman–Crippen MR) is 110 cm³/mol. The molecule has 0 radical (unpaired) electrons. The van der Waals surface area contributed by atoms with Crippen LogP contribution in [0.25, 0.3) is 5.65 Å². The average molecular weight is 396 g/mol. The Morgan fingerprint density at radius 3 is 2.48 bits per heavy atom. The van der Waals surface area contributed by atoms with Crippen LogP contribution in [0.15, 0.2) is 29.3 Å². The summed E-state index contributed by atoms with van der Waals surface area (Å²) >= 11 is 0. The Balaban J connectivity index is 1.37. The molecule has 2 fully saturated rings. The van der Waals surface area contributed by atoms with E-state index in [1.165, 1.54) is 36.3 Å². The summed E-state index contributed by atoms with van der Waals surface area (Å²) in [6, 6.07) is 3.65. The van der Waals surface area contributed by atoms with Crippen LogP contribution in [0, 0.1) is 12.8 Å². The summed E-state index contributed by atoms with van der Waals surface area (Å²) < 4.78 is 1.42. The molecule has 1 aliphatic carbocycles. The Kier molecular flexibility index (Phi) is 5.65. The van der Waals surface area contributed by atoms with Crippen molar-refractivity contribution in [2.75, 3.05) is 26.2 Å². The van der Waals surface area contributed by atoms with Gasteiger partial charge in [-0.2, -0.15) is 0 Å². The maximum atomic E-state index is 12.9. The summed E-state index contributed by atoms with van der Waals surface area (Å²) in [7, 11) is 0. The molecule has 0 atom stereocenters. The highest BCUT2D eigenvalue weighted by molar-refractivity contribution is 5.94. The molecule has 7 nitrogen and oxygen atoms in total. The minimum absolute atomic E-state index is 0.0779. The third-order valence-corrected chi connectivity index (χ3v) is 6.24. The molecule has 0 spiro atoms. The second-order valence-electron chi connectivity index (χ2n) is 8.27. The first-order valence-corrected chi connectivity index (χ1v) is 10.6. The van der Waals surface area contributed by atoms with Gasteiger partial charge in [-0.25, -0.2) is 4.98 Å². The van der Waals surface area contributed by atoms with Gasteiger partial charge in [0.1, 0.15) is 11.2 Å². The van der Waals surface area contributed by atoms with Crippen LogP contribution in [0.2, 0.25) is 0 Å². The molecule has 1 saturated heterocycles. The highest BCUT2D eigenvalue weighted by Gasteiger charge is 2.27. The molecule has 154 valence electrons. The zero-order chi connectivity index (χ0) is 20.4. The zero-order valence-electron chi connectivity index (χ0n) is 17.0. The Bertz CT molecular complexity index is 970. The van der Waals surface area contributed by atoms with E-state index < -0.39 is 0 Å². The Hall–Kier alpha value is -2.70. The maximum absolute atomic E-state index is 12.9. The fourth-order valence-corrected chi connectivity index (χ4v) is 4.44. The molecule has 1 aliphatic heterocycles. The first kappa shape index (κ1) is 19.6. The number of piperazine rings is 1. The van der Waals surface area contributed by atoms with Crippen molar-refractivity contribution in [3.05, 3.63) is 46.0 Å². The van der Waals surface area contributed by atoms with Gasteiger partial charge in [-0.3, -0.25) is 18.8 Å². The van der Waals surface area contributed by atoms with E-state index in [2.05, 4.69) is 4.98 Å². The normalized spacial score (nSPS) is 17.8. The third-order valence-electron chi connectivity index (χ3n) is 6.24. The SMILES string of the molecule is Cc1ccc2ncc(C(=O)N3CCN(C(=O)CCC4CCCC4)CC3)c(=O)n2c1. The summed E-state index contributed by atoms with van der Waals surface area (Å²) in [4.78, 5) is 45.9. The van der Waals surface area contributed by atoms with Gasteiger partial charge >= 0.3 is 0 Å². The van der Waals surface area contributed by atoms with Crippen molar-refractivity contribution < 1.29 is 9.59 Å². The highest BCUT2D eigenvalue weighted by atomic mass is 16.2. The van der Waals surface area contributed by atoms with E-state index >= 15 is 0 Å². The number of hydrogen-bond donors (Lipinski definition) is 0. The number of amides is 2. The van der Waals surface area contributed by atoms with Crippen molar-refractivity contribution in [1.29, 1.82) is 0 Å². The van der Waals surface area contributed by atoms with Gasteiger partial charge in [0.05, 0.1) is 0 Å². The van der Waals surface area contributed by atoms with Crippen molar-refractivity contribution in [3.8, 4) is 0 Å². The molecular formula is C22H28N4O3. The van der Waals surface area contributed by atoms with Crippen LogP contribution in [0.3, 0.4) is 0 Å². The Labute approximate surface area is 170 Å². The molecule has 0 aromatic carbocycles. The van der Waals surface area contributed by atoms with Gasteiger partial charge in [0.2, 0.25) is 5.91 Å². The molecule has 29 heavy (non-hydrogen) atoms. The van der Waals surface area contributed by atoms with Gasteiger partial charge in [0.25, 0.3) is 11.5 Å². The quantitative estimate of drug-likeness (QED) is 0.794. The fourth-order valence-electron chi connectivity index (χ4n) is 4.44. The van der Waals surface area contributed by atoms with Gasteiger partial charge < -0.3 is 9.80 Å². The molecule has 0 bridgehead atoms. The molecule has 0 unspecified atom stereocenters. The molecule has 1 saturated carbocycles. The number of hydrogen-bond acceptors (Lipinski definition) is 4. The van der Waals surface area contributed by atoms with E-state index in [4.69, 9.17) is 0 Å². The number of carbonyl (C=O) groups is 2. The molecule has 2 aromatic heterocycles. The summed E-state index contributed by atoms with van der Waals surface area (Å²) in [5.41, 5.74) is 1.18. The summed E-state index contributed by atoms with van der Waals surface area (Å²) in [6.45, 7) is 3.84. The minimum atomic E-state index is -0.348. The number of aryl methyl sites for hydroxylation is 1. The van der Waals surface area contributed by atoms with Gasteiger partial charge in [0.15, 0.2) is 0 Å². The van der Waals surface area contributed by atoms with Gasteiger partial charge in [-0.1, -0.05) is 31.7 Å². The Morgan fingerprint density at radius 2 is 1.76 bits per heavy atom. The topological polar surface area (TPSA) is 75.0 Å². The molecule has 0 N–H and O–H groups in total. The van der Waals surface area contributed by atoms with Gasteiger partial charge in [0, 0.05) is 45.0 Å². The molecule has 4 rings (SSSR count). The van der Waals surface area contributed by atoms with Crippen LogP contribution >= 0.6 is 0 Å². The Morgan fingerprint density at radius 1 is 1.07 bits per heavy atom. The molecule has 2 aromatic rings. The zero-order valence-corrected chi connectivity index (χ0v) is 17.0. The molecule has 2 aliphatic rings. The lowest BCUT2D eigenvalue weighted by Crippen LogP contribution is -2.51. The number of fused-ring (bicyclic) bond motifs is 1. The number of aromatic nitrogens is 2. The van der Waals surface area contributed by atoms with E-state index in [0.29, 0.717) is 44.2 Å². The lowest BCUT2D eigenvalue weighted by Gasteiger charge is -2.35. The molecule has 7 heteroatoms. The highest BCUT2D eigenvalue weighted by Crippen LogP contribution is 2.28. The van der Waals surface area contributed by atoms with Crippen LogP contribution in [-0.2, 0) is 4.79 Å². The van der Waals surface area contributed by atoms with Gasteiger partial charge in [-0.05, 0) is 30.9 Å². The number of pyridine rings is 1. The average Bonchev–Trinajstić information content (AvgIpc) is 3.26. The smallest absolute Gasteiger partial charge is 0.270 e. The summed E-state index contributed by atoms with van der Waals surface area (Å²) in [6.07, 6.45) is 9.75. The molecule has 3 heterocycles. The van der Waals surface area contributed by atoms with Crippen LogP contribution in [-0.4, -0.2) is 57.2 Å². The van der Waals surface area contributed by atoms with Crippen molar-refractivity contribution in [2.45, 2.75) is 45.4 Å². The van der Waals surface area contributed by atoms with Crippen molar-refractivity contribution in [1.82, 2.24) is 19.2 Å². The summed E-state index contributed by atoms with van der Waals surface area (Å²) in [5.74, 6) is 0.585. The van der Waals surface area contributed by atoms with Gasteiger partial charge in [-0.15, -0.1) is 0 Å². The monoisotopic (exact) mass is 396 g/mol. The maximum Gasteiger partial charge on any atom is 0.270 e. The van der Waals surface area contributed by atoms with E-state index in [9.17, 15) is 14.4 Å². The standard InChI is InChI=1S/C22H28N4O3/c1-16-6-8-19-23-14-18(22(29)26(19)15-16)21(28)25-12-10-24(11-13-25)20(27)9-7-17-4-2-3-5-17/h6,8,14-15,17H,2-5,7,9-13H2,1H3. The van der Waals surface area contributed by atoms with E-state index in [1.54, 1.807) is 17.2 Å². The van der Waals surface area contributed by atoms with Crippen LogP contribution in [0.5, 0.6) is 0 Å². The van der Waals surface area contributed by atoms with Crippen LogP contribution in [0.4, 0.5) is 0 Å².